The number of halogens is 5. The van der Waals surface area contributed by atoms with Crippen LogP contribution in [0.2, 0.25) is 10.0 Å². The van der Waals surface area contributed by atoms with E-state index in [1.54, 1.807) is 31.2 Å². The molecule has 2 aromatic carbocycles. The molecule has 0 atom stereocenters. The van der Waals surface area contributed by atoms with Crippen molar-refractivity contribution in [1.29, 1.82) is 0 Å². The average Bonchev–Trinajstić information content (AvgIpc) is 3.05. The summed E-state index contributed by atoms with van der Waals surface area (Å²) in [5.74, 6) is -1.58. The molecule has 0 saturated carbocycles. The number of nitrogens with zero attached hydrogens (tertiary/aromatic N) is 2. The fourth-order valence-electron chi connectivity index (χ4n) is 3.82. The molecule has 180 valence electrons. The van der Waals surface area contributed by atoms with Gasteiger partial charge in [0.15, 0.2) is 5.11 Å². The lowest BCUT2D eigenvalue weighted by Crippen LogP contribution is -2.54. The molecule has 5 nitrogen and oxygen atoms in total. The van der Waals surface area contributed by atoms with Gasteiger partial charge < -0.3 is 4.57 Å². The largest absolute Gasteiger partial charge is 0.416 e. The van der Waals surface area contributed by atoms with Crippen LogP contribution in [0.5, 0.6) is 0 Å². The van der Waals surface area contributed by atoms with E-state index in [0.717, 1.165) is 28.4 Å². The summed E-state index contributed by atoms with van der Waals surface area (Å²) in [5, 5.41) is 2.84. The average molecular weight is 538 g/mol. The molecule has 1 aromatic heterocycles. The molecule has 0 radical (unpaired) electrons. The van der Waals surface area contributed by atoms with Gasteiger partial charge in [-0.15, -0.1) is 0 Å². The lowest BCUT2D eigenvalue weighted by Gasteiger charge is -2.29. The number of amides is 2. The van der Waals surface area contributed by atoms with Gasteiger partial charge in [-0.3, -0.25) is 19.8 Å². The number of aromatic nitrogens is 1. The fraction of sp³-hybridized carbons (Fsp3) is 0.125. The highest BCUT2D eigenvalue weighted by atomic mass is 35.5. The lowest BCUT2D eigenvalue weighted by atomic mass is 10.1. The van der Waals surface area contributed by atoms with E-state index in [1.165, 1.54) is 18.2 Å². The van der Waals surface area contributed by atoms with Gasteiger partial charge in [0, 0.05) is 17.1 Å². The van der Waals surface area contributed by atoms with E-state index < -0.39 is 23.6 Å². The molecule has 1 fully saturated rings. The van der Waals surface area contributed by atoms with Crippen molar-refractivity contribution in [2.75, 3.05) is 4.90 Å². The highest BCUT2D eigenvalue weighted by Gasteiger charge is 2.37. The lowest BCUT2D eigenvalue weighted by molar-refractivity contribution is -0.137. The Labute approximate surface area is 213 Å². The van der Waals surface area contributed by atoms with Gasteiger partial charge in [-0.25, -0.2) is 0 Å². The quantitative estimate of drug-likeness (QED) is 0.244. The number of carbonyl (C=O) groups is 2. The first-order valence-electron chi connectivity index (χ1n) is 10.1. The third-order valence-electron chi connectivity index (χ3n) is 5.46. The second-order valence-corrected chi connectivity index (χ2v) is 8.97. The maximum atomic E-state index is 13.3. The van der Waals surface area contributed by atoms with Crippen LogP contribution in [0.25, 0.3) is 11.8 Å². The van der Waals surface area contributed by atoms with Crippen LogP contribution < -0.4 is 10.2 Å². The predicted molar refractivity (Wildman–Crippen MR) is 133 cm³/mol. The number of benzene rings is 2. The van der Waals surface area contributed by atoms with Crippen molar-refractivity contribution in [2.24, 2.45) is 0 Å². The van der Waals surface area contributed by atoms with E-state index in [-0.39, 0.29) is 16.4 Å². The molecule has 2 amide bonds. The molecule has 3 aromatic rings. The third-order valence-corrected chi connectivity index (χ3v) is 6.49. The first-order chi connectivity index (χ1) is 16.4. The molecule has 1 aliphatic rings. The van der Waals surface area contributed by atoms with Crippen molar-refractivity contribution < 1.29 is 22.8 Å². The standard InChI is InChI=1S/C24H16Cl2F3N3O2S/c1-12-8-14(13(2)31(12)17-6-7-19(25)20(26)11-17)9-18-21(33)30-23(35)32(22(18)34)16-5-3-4-15(10-16)24(27,28)29/h3-11H,1-2H3,(H,30,33,35)/b18-9-. The second-order valence-electron chi connectivity index (χ2n) is 7.77. The van der Waals surface area contributed by atoms with Gasteiger partial charge in [-0.05, 0) is 80.2 Å². The molecular formula is C24H16Cl2F3N3O2S. The maximum Gasteiger partial charge on any atom is 0.416 e. The SMILES string of the molecule is Cc1cc(/C=C2/C(=O)NC(=S)N(c3cccc(C(F)(F)F)c3)C2=O)c(C)n1-c1ccc(Cl)c(Cl)c1. The summed E-state index contributed by atoms with van der Waals surface area (Å²) in [5.41, 5.74) is 1.45. The minimum atomic E-state index is -4.61. The summed E-state index contributed by atoms with van der Waals surface area (Å²) in [6, 6.07) is 11.0. The second kappa shape index (κ2) is 9.14. The van der Waals surface area contributed by atoms with E-state index in [1.807, 2.05) is 11.5 Å². The van der Waals surface area contributed by atoms with E-state index in [4.69, 9.17) is 35.4 Å². The number of alkyl halides is 3. The van der Waals surface area contributed by atoms with Crippen LogP contribution in [-0.2, 0) is 15.8 Å². The summed E-state index contributed by atoms with van der Waals surface area (Å²) in [7, 11) is 0. The van der Waals surface area contributed by atoms with E-state index in [0.29, 0.717) is 21.3 Å². The zero-order chi connectivity index (χ0) is 25.7. The maximum absolute atomic E-state index is 13.3. The van der Waals surface area contributed by atoms with Crippen LogP contribution in [0.4, 0.5) is 18.9 Å². The number of rotatable bonds is 3. The first kappa shape index (κ1) is 25.0. The number of hydrogen-bond donors (Lipinski definition) is 1. The van der Waals surface area contributed by atoms with E-state index in [2.05, 4.69) is 5.32 Å². The van der Waals surface area contributed by atoms with Crippen LogP contribution in [0.3, 0.4) is 0 Å². The topological polar surface area (TPSA) is 54.3 Å². The Hall–Kier alpha value is -3.14. The number of carbonyl (C=O) groups excluding carboxylic acids is 2. The van der Waals surface area contributed by atoms with Crippen LogP contribution in [0, 0.1) is 13.8 Å². The molecule has 2 heterocycles. The van der Waals surface area contributed by atoms with Crippen LogP contribution in [-0.4, -0.2) is 21.5 Å². The fourth-order valence-corrected chi connectivity index (χ4v) is 4.40. The Balaban J connectivity index is 1.76. The number of nitrogens with one attached hydrogen (secondary N) is 1. The molecule has 1 N–H and O–H groups in total. The number of anilines is 1. The van der Waals surface area contributed by atoms with Gasteiger partial charge in [0.1, 0.15) is 5.57 Å². The smallest absolute Gasteiger partial charge is 0.318 e. The van der Waals surface area contributed by atoms with Crippen LogP contribution in [0.15, 0.2) is 54.1 Å². The molecular weight excluding hydrogens is 522 g/mol. The zero-order valence-electron chi connectivity index (χ0n) is 18.2. The zero-order valence-corrected chi connectivity index (χ0v) is 20.5. The van der Waals surface area contributed by atoms with Crippen molar-refractivity contribution >= 4 is 64.1 Å². The predicted octanol–water partition coefficient (Wildman–Crippen LogP) is 6.25. The van der Waals surface area contributed by atoms with Gasteiger partial charge in [-0.1, -0.05) is 29.3 Å². The van der Waals surface area contributed by atoms with Gasteiger partial charge in [0.25, 0.3) is 11.8 Å². The van der Waals surface area contributed by atoms with E-state index >= 15 is 0 Å². The van der Waals surface area contributed by atoms with E-state index in [9.17, 15) is 22.8 Å². The summed E-state index contributed by atoms with van der Waals surface area (Å²) >= 11 is 17.3. The highest BCUT2D eigenvalue weighted by molar-refractivity contribution is 7.80. The Bertz CT molecular complexity index is 1430. The number of thiocarbonyl (C=S) groups is 1. The molecule has 0 aliphatic carbocycles. The molecule has 1 saturated heterocycles. The van der Waals surface area contributed by atoms with Gasteiger partial charge in [0.05, 0.1) is 21.3 Å². The van der Waals surface area contributed by atoms with Crippen molar-refractivity contribution in [3.8, 4) is 5.69 Å². The monoisotopic (exact) mass is 537 g/mol. The molecule has 0 spiro atoms. The minimum Gasteiger partial charge on any atom is -0.318 e. The Morgan fingerprint density at radius 2 is 1.69 bits per heavy atom. The molecule has 4 rings (SSSR count). The third kappa shape index (κ3) is 4.71. The van der Waals surface area contributed by atoms with Crippen molar-refractivity contribution in [1.82, 2.24) is 9.88 Å². The van der Waals surface area contributed by atoms with Crippen molar-refractivity contribution in [3.05, 3.63) is 86.7 Å². The summed E-state index contributed by atoms with van der Waals surface area (Å²) in [4.78, 5) is 26.8. The molecule has 11 heteroatoms. The van der Waals surface area contributed by atoms with Gasteiger partial charge in [0.2, 0.25) is 0 Å². The molecule has 1 aliphatic heterocycles. The van der Waals surface area contributed by atoms with Crippen molar-refractivity contribution in [2.45, 2.75) is 20.0 Å². The summed E-state index contributed by atoms with van der Waals surface area (Å²) < 4.78 is 41.4. The Kier molecular flexibility index (Phi) is 6.52. The molecule has 0 bridgehead atoms. The van der Waals surface area contributed by atoms with Gasteiger partial charge in [-0.2, -0.15) is 13.2 Å². The highest BCUT2D eigenvalue weighted by Crippen LogP contribution is 2.33. The molecule has 35 heavy (non-hydrogen) atoms. The van der Waals surface area contributed by atoms with Crippen LogP contribution >= 0.6 is 35.4 Å². The Morgan fingerprint density at radius 1 is 0.971 bits per heavy atom. The van der Waals surface area contributed by atoms with Crippen LogP contribution in [0.1, 0.15) is 22.5 Å². The Morgan fingerprint density at radius 3 is 2.34 bits per heavy atom. The molecule has 0 unspecified atom stereocenters. The first-order valence-corrected chi connectivity index (χ1v) is 11.3. The normalized spacial score (nSPS) is 15.7. The number of aryl methyl sites for hydroxylation is 1. The number of hydrogen-bond acceptors (Lipinski definition) is 3. The van der Waals surface area contributed by atoms with Gasteiger partial charge >= 0.3 is 6.18 Å². The summed E-state index contributed by atoms with van der Waals surface area (Å²) in [6.07, 6.45) is -3.23. The summed E-state index contributed by atoms with van der Waals surface area (Å²) in [6.45, 7) is 3.63. The van der Waals surface area contributed by atoms with Crippen molar-refractivity contribution in [3.63, 3.8) is 0 Å². The minimum absolute atomic E-state index is 0.109.